The number of aryl methyl sites for hydroxylation is 1. The third-order valence-corrected chi connectivity index (χ3v) is 5.47. The Hall–Kier alpha value is -4.14. The zero-order chi connectivity index (χ0) is 22.1. The molecule has 2 amide bonds. The number of hydrogen-bond donors (Lipinski definition) is 2. The van der Waals surface area contributed by atoms with Crippen molar-refractivity contribution in [3.05, 3.63) is 66.5 Å². The number of fused-ring (bicyclic) bond motifs is 1. The van der Waals surface area contributed by atoms with Crippen molar-refractivity contribution >= 4 is 17.6 Å². The van der Waals surface area contributed by atoms with E-state index in [1.54, 1.807) is 18.5 Å². The number of anilines is 1. The van der Waals surface area contributed by atoms with Gasteiger partial charge in [0.1, 0.15) is 18.3 Å². The molecule has 1 saturated carbocycles. The summed E-state index contributed by atoms with van der Waals surface area (Å²) in [5.74, 6) is 0.949. The van der Waals surface area contributed by atoms with Crippen molar-refractivity contribution in [2.75, 3.05) is 11.9 Å². The molecule has 1 aliphatic carbocycles. The van der Waals surface area contributed by atoms with Crippen molar-refractivity contribution in [1.82, 2.24) is 29.8 Å². The first-order valence-electron chi connectivity index (χ1n) is 10.4. The van der Waals surface area contributed by atoms with E-state index >= 15 is 0 Å². The molecule has 2 N–H and O–H groups in total. The van der Waals surface area contributed by atoms with Gasteiger partial charge in [-0.2, -0.15) is 0 Å². The lowest BCUT2D eigenvalue weighted by atomic mass is 10.0. The minimum absolute atomic E-state index is 0.107. The molecule has 2 aliphatic heterocycles. The molecular formula is C23H21N7O2. The van der Waals surface area contributed by atoms with E-state index in [1.807, 2.05) is 31.2 Å². The molecule has 3 heterocycles. The van der Waals surface area contributed by atoms with Crippen LogP contribution in [0.2, 0.25) is 0 Å². The number of amides is 2. The van der Waals surface area contributed by atoms with Crippen LogP contribution in [0.1, 0.15) is 28.8 Å². The van der Waals surface area contributed by atoms with Gasteiger partial charge in [-0.05, 0) is 55.5 Å². The summed E-state index contributed by atoms with van der Waals surface area (Å²) in [5, 5.41) is 5.81. The number of aromatic nitrogens is 5. The highest BCUT2D eigenvalue weighted by Crippen LogP contribution is 2.28. The van der Waals surface area contributed by atoms with Gasteiger partial charge >= 0.3 is 6.03 Å². The fraction of sp³-hybridized carbons (Fsp3) is 0.217. The van der Waals surface area contributed by atoms with E-state index in [4.69, 9.17) is 0 Å². The van der Waals surface area contributed by atoms with Crippen LogP contribution >= 0.6 is 0 Å². The summed E-state index contributed by atoms with van der Waals surface area (Å²) in [6, 6.07) is 8.78. The first kappa shape index (κ1) is 19.8. The van der Waals surface area contributed by atoms with Crippen LogP contribution in [0.5, 0.6) is 0 Å². The van der Waals surface area contributed by atoms with E-state index in [-0.39, 0.29) is 5.91 Å². The summed E-state index contributed by atoms with van der Waals surface area (Å²) in [7, 11) is 0. The van der Waals surface area contributed by atoms with Crippen LogP contribution in [-0.2, 0) is 0 Å². The number of hydrogen-bond acceptors (Lipinski definition) is 6. The topological polar surface area (TPSA) is 115 Å². The number of nitrogens with zero attached hydrogens (tertiary/aromatic N) is 5. The molecule has 1 aromatic carbocycles. The Balaban J connectivity index is 1.34. The number of imidazole rings is 1. The van der Waals surface area contributed by atoms with E-state index in [0.29, 0.717) is 28.7 Å². The third-order valence-electron chi connectivity index (χ3n) is 5.47. The van der Waals surface area contributed by atoms with Gasteiger partial charge in [0.25, 0.3) is 5.91 Å². The molecule has 0 spiro atoms. The monoisotopic (exact) mass is 427 g/mol. The summed E-state index contributed by atoms with van der Waals surface area (Å²) in [5.41, 5.74) is 4.26. The van der Waals surface area contributed by atoms with Gasteiger partial charge < -0.3 is 10.6 Å². The standard InChI is InChI=1S/C23H21N7O2/c1-14-2-6-17(29-23(32)30-13-24-11-20-21(30)28-12-27-20)8-18(14)19-7-5-16(10-25-19)22(31)26-9-15-3-4-15/h2,5-8,10-13,15H,3-4,9H2,1H3,(H,26,31)(H,29,32). The average molecular weight is 427 g/mol. The molecular weight excluding hydrogens is 406 g/mol. The molecule has 5 rings (SSSR count). The summed E-state index contributed by atoms with van der Waals surface area (Å²) in [6.07, 6.45) is 8.30. The Kier molecular flexibility index (Phi) is 5.06. The lowest BCUT2D eigenvalue weighted by Gasteiger charge is -2.12. The van der Waals surface area contributed by atoms with Crippen LogP contribution in [0, 0.1) is 12.8 Å². The Morgan fingerprint density at radius 2 is 1.94 bits per heavy atom. The summed E-state index contributed by atoms with van der Waals surface area (Å²) < 4.78 is 1.31. The fourth-order valence-corrected chi connectivity index (χ4v) is 3.43. The van der Waals surface area contributed by atoms with Crippen LogP contribution in [0.3, 0.4) is 0 Å². The van der Waals surface area contributed by atoms with Gasteiger partial charge in [0.15, 0.2) is 5.82 Å². The second-order valence-electron chi connectivity index (χ2n) is 7.89. The first-order valence-corrected chi connectivity index (χ1v) is 10.4. The van der Waals surface area contributed by atoms with Gasteiger partial charge in [-0.3, -0.25) is 9.78 Å². The van der Waals surface area contributed by atoms with Crippen molar-refractivity contribution in [3.8, 4) is 22.8 Å². The molecule has 0 unspecified atom stereocenters. The normalized spacial score (nSPS) is 13.2. The predicted octanol–water partition coefficient (Wildman–Crippen LogP) is 3.37. The van der Waals surface area contributed by atoms with Gasteiger partial charge in [0.05, 0.1) is 17.5 Å². The second kappa shape index (κ2) is 8.18. The molecule has 0 bridgehead atoms. The van der Waals surface area contributed by atoms with Gasteiger partial charge in [-0.1, -0.05) is 6.07 Å². The number of pyridine rings is 1. The van der Waals surface area contributed by atoms with Crippen molar-refractivity contribution in [3.63, 3.8) is 0 Å². The van der Waals surface area contributed by atoms with Crippen molar-refractivity contribution in [2.45, 2.75) is 19.8 Å². The fourth-order valence-electron chi connectivity index (χ4n) is 3.43. The number of nitrogens with one attached hydrogen (secondary N) is 2. The van der Waals surface area contributed by atoms with E-state index in [1.165, 1.54) is 30.1 Å². The van der Waals surface area contributed by atoms with E-state index in [2.05, 4.69) is 30.6 Å². The molecule has 3 aliphatic rings. The number of rotatable bonds is 5. The zero-order valence-electron chi connectivity index (χ0n) is 17.4. The van der Waals surface area contributed by atoms with Crippen molar-refractivity contribution in [1.29, 1.82) is 0 Å². The summed E-state index contributed by atoms with van der Waals surface area (Å²) in [4.78, 5) is 41.7. The van der Waals surface area contributed by atoms with E-state index < -0.39 is 6.03 Å². The molecule has 1 aromatic heterocycles. The molecule has 2 aromatic rings. The lowest BCUT2D eigenvalue weighted by Crippen LogP contribution is -2.25. The predicted molar refractivity (Wildman–Crippen MR) is 118 cm³/mol. The quantitative estimate of drug-likeness (QED) is 0.505. The Morgan fingerprint density at radius 3 is 2.72 bits per heavy atom. The number of benzene rings is 1. The van der Waals surface area contributed by atoms with Gasteiger partial charge in [0, 0.05) is 24.0 Å². The van der Waals surface area contributed by atoms with Crippen LogP contribution in [0.4, 0.5) is 10.5 Å². The molecule has 160 valence electrons. The molecule has 9 nitrogen and oxygen atoms in total. The maximum Gasteiger partial charge on any atom is 0.332 e. The Morgan fingerprint density at radius 1 is 1.06 bits per heavy atom. The third kappa shape index (κ3) is 4.04. The Bertz CT molecular complexity index is 1260. The molecule has 1 fully saturated rings. The summed E-state index contributed by atoms with van der Waals surface area (Å²) in [6.45, 7) is 2.69. The van der Waals surface area contributed by atoms with Crippen molar-refractivity contribution in [2.24, 2.45) is 5.92 Å². The highest BCUT2D eigenvalue weighted by molar-refractivity contribution is 5.95. The highest BCUT2D eigenvalue weighted by atomic mass is 16.2. The number of carbonyl (C=O) groups is 2. The molecule has 0 radical (unpaired) electrons. The smallest absolute Gasteiger partial charge is 0.332 e. The van der Waals surface area contributed by atoms with Crippen LogP contribution in [0.25, 0.3) is 22.8 Å². The van der Waals surface area contributed by atoms with Crippen LogP contribution < -0.4 is 10.6 Å². The van der Waals surface area contributed by atoms with Gasteiger partial charge in [-0.25, -0.2) is 24.3 Å². The highest BCUT2D eigenvalue weighted by Gasteiger charge is 2.22. The first-order chi connectivity index (χ1) is 15.6. The molecule has 0 atom stereocenters. The molecule has 9 heteroatoms. The van der Waals surface area contributed by atoms with Gasteiger partial charge in [-0.15, -0.1) is 0 Å². The SMILES string of the molecule is Cc1ccc(NC(=O)n2cncc3ncnc2-3)cc1-c1ccc(C(=O)NCC2CC2)cn1. The second-order valence-corrected chi connectivity index (χ2v) is 7.89. The minimum Gasteiger partial charge on any atom is -0.352 e. The largest absolute Gasteiger partial charge is 0.352 e. The van der Waals surface area contributed by atoms with E-state index in [0.717, 1.165) is 23.4 Å². The van der Waals surface area contributed by atoms with Crippen LogP contribution in [-0.4, -0.2) is 43.0 Å². The maximum absolute atomic E-state index is 12.8. The van der Waals surface area contributed by atoms with Crippen molar-refractivity contribution < 1.29 is 9.59 Å². The summed E-state index contributed by atoms with van der Waals surface area (Å²) >= 11 is 0. The van der Waals surface area contributed by atoms with Gasteiger partial charge in [0.2, 0.25) is 0 Å². The minimum atomic E-state index is -0.394. The molecule has 32 heavy (non-hydrogen) atoms. The lowest BCUT2D eigenvalue weighted by molar-refractivity contribution is 0.0951. The zero-order valence-corrected chi connectivity index (χ0v) is 17.4. The van der Waals surface area contributed by atoms with E-state index in [9.17, 15) is 9.59 Å². The van der Waals surface area contributed by atoms with Crippen LogP contribution in [0.15, 0.2) is 55.4 Å². The maximum atomic E-state index is 12.8. The number of carbonyl (C=O) groups excluding carboxylic acids is 2. The Labute approximate surface area is 184 Å². The molecule has 0 saturated heterocycles. The average Bonchev–Trinajstić information content (AvgIpc) is 3.52.